The van der Waals surface area contributed by atoms with Gasteiger partial charge in [0.1, 0.15) is 11.5 Å². The molecule has 0 radical (unpaired) electrons. The molecular formula is C13H14BrNO. The van der Waals surface area contributed by atoms with Gasteiger partial charge in [0.05, 0.1) is 6.54 Å². The average molecular weight is 280 g/mol. The molecule has 0 aliphatic carbocycles. The van der Waals surface area contributed by atoms with Crippen molar-refractivity contribution in [1.29, 1.82) is 0 Å². The van der Waals surface area contributed by atoms with Crippen LogP contribution in [0.4, 0.5) is 0 Å². The largest absolute Gasteiger partial charge is 0.464 e. The standard InChI is InChI=1S/C13H14BrNO/c1-9-2-3-11(14)6-10(9)7-12-4-5-13(8-15)16-12/h2-6H,7-8,15H2,1H3. The van der Waals surface area contributed by atoms with E-state index in [1.807, 2.05) is 18.2 Å². The lowest BCUT2D eigenvalue weighted by atomic mass is 10.1. The molecule has 2 rings (SSSR count). The summed E-state index contributed by atoms with van der Waals surface area (Å²) >= 11 is 3.48. The van der Waals surface area contributed by atoms with Crippen LogP contribution >= 0.6 is 15.9 Å². The molecule has 0 atom stereocenters. The maximum absolute atomic E-state index is 5.59. The fourth-order valence-electron chi connectivity index (χ4n) is 1.65. The number of aryl methyl sites for hydroxylation is 1. The lowest BCUT2D eigenvalue weighted by Crippen LogP contribution is -1.93. The molecule has 0 aliphatic rings. The van der Waals surface area contributed by atoms with Crippen molar-refractivity contribution >= 4 is 15.9 Å². The first-order valence-corrected chi connectivity index (χ1v) is 6.01. The predicted molar refractivity (Wildman–Crippen MR) is 68.3 cm³/mol. The average Bonchev–Trinajstić information content (AvgIpc) is 2.71. The Labute approximate surface area is 104 Å². The van der Waals surface area contributed by atoms with Crippen LogP contribution in [-0.2, 0) is 13.0 Å². The molecule has 0 unspecified atom stereocenters. The second-order valence-corrected chi connectivity index (χ2v) is 4.74. The summed E-state index contributed by atoms with van der Waals surface area (Å²) in [6, 6.07) is 10.2. The zero-order valence-electron chi connectivity index (χ0n) is 9.16. The molecule has 84 valence electrons. The van der Waals surface area contributed by atoms with Crippen LogP contribution in [0.2, 0.25) is 0 Å². The van der Waals surface area contributed by atoms with E-state index in [2.05, 4.69) is 35.0 Å². The Morgan fingerprint density at radius 2 is 1.94 bits per heavy atom. The van der Waals surface area contributed by atoms with Gasteiger partial charge in [-0.15, -0.1) is 0 Å². The summed E-state index contributed by atoms with van der Waals surface area (Å²) in [6.45, 7) is 2.56. The van der Waals surface area contributed by atoms with Crippen molar-refractivity contribution in [3.05, 3.63) is 57.5 Å². The summed E-state index contributed by atoms with van der Waals surface area (Å²) in [6.07, 6.45) is 0.811. The molecule has 2 N–H and O–H groups in total. The highest BCUT2D eigenvalue weighted by Gasteiger charge is 2.05. The molecule has 0 bridgehead atoms. The monoisotopic (exact) mass is 279 g/mol. The molecule has 3 heteroatoms. The minimum absolute atomic E-state index is 0.456. The lowest BCUT2D eigenvalue weighted by Gasteiger charge is -2.04. The normalized spacial score (nSPS) is 10.7. The second kappa shape index (κ2) is 4.85. The molecule has 0 spiro atoms. The third kappa shape index (κ3) is 2.54. The maximum atomic E-state index is 5.59. The molecule has 2 aromatic rings. The zero-order chi connectivity index (χ0) is 11.5. The molecule has 1 aromatic heterocycles. The number of hydrogen-bond acceptors (Lipinski definition) is 2. The minimum atomic E-state index is 0.456. The van der Waals surface area contributed by atoms with Crippen LogP contribution in [0.3, 0.4) is 0 Å². The molecule has 16 heavy (non-hydrogen) atoms. The summed E-state index contributed by atoms with van der Waals surface area (Å²) < 4.78 is 6.69. The quantitative estimate of drug-likeness (QED) is 0.935. The molecular weight excluding hydrogens is 266 g/mol. The summed E-state index contributed by atoms with van der Waals surface area (Å²) in [5, 5.41) is 0. The Bertz CT molecular complexity index is 490. The smallest absolute Gasteiger partial charge is 0.117 e. The Morgan fingerprint density at radius 3 is 2.62 bits per heavy atom. The van der Waals surface area contributed by atoms with Gasteiger partial charge in [-0.1, -0.05) is 22.0 Å². The van der Waals surface area contributed by atoms with E-state index in [-0.39, 0.29) is 0 Å². The van der Waals surface area contributed by atoms with Gasteiger partial charge in [-0.3, -0.25) is 0 Å². The number of furan rings is 1. The van der Waals surface area contributed by atoms with Crippen molar-refractivity contribution in [2.45, 2.75) is 19.9 Å². The molecule has 0 saturated carbocycles. The molecule has 0 aliphatic heterocycles. The minimum Gasteiger partial charge on any atom is -0.464 e. The van der Waals surface area contributed by atoms with E-state index in [1.165, 1.54) is 11.1 Å². The maximum Gasteiger partial charge on any atom is 0.117 e. The number of rotatable bonds is 3. The van der Waals surface area contributed by atoms with Gasteiger partial charge >= 0.3 is 0 Å². The van der Waals surface area contributed by atoms with E-state index < -0.39 is 0 Å². The summed E-state index contributed by atoms with van der Waals surface area (Å²) in [7, 11) is 0. The SMILES string of the molecule is Cc1ccc(Br)cc1Cc1ccc(CN)o1. The highest BCUT2D eigenvalue weighted by atomic mass is 79.9. The molecule has 1 heterocycles. The van der Waals surface area contributed by atoms with Gasteiger partial charge < -0.3 is 10.2 Å². The summed E-state index contributed by atoms with van der Waals surface area (Å²) in [4.78, 5) is 0. The third-order valence-electron chi connectivity index (χ3n) is 2.59. The second-order valence-electron chi connectivity index (χ2n) is 3.82. The summed E-state index contributed by atoms with van der Waals surface area (Å²) in [5.74, 6) is 1.80. The van der Waals surface area contributed by atoms with Crippen LogP contribution in [0, 0.1) is 6.92 Å². The van der Waals surface area contributed by atoms with Crippen LogP contribution in [0.1, 0.15) is 22.6 Å². The van der Waals surface area contributed by atoms with Crippen molar-refractivity contribution in [1.82, 2.24) is 0 Å². The summed E-state index contributed by atoms with van der Waals surface area (Å²) in [5.41, 5.74) is 8.05. The van der Waals surface area contributed by atoms with Crippen molar-refractivity contribution in [3.8, 4) is 0 Å². The van der Waals surface area contributed by atoms with E-state index in [9.17, 15) is 0 Å². The highest BCUT2D eigenvalue weighted by molar-refractivity contribution is 9.10. The molecule has 0 amide bonds. The van der Waals surface area contributed by atoms with E-state index >= 15 is 0 Å². The van der Waals surface area contributed by atoms with E-state index in [0.717, 1.165) is 22.4 Å². The third-order valence-corrected chi connectivity index (χ3v) is 3.09. The molecule has 1 aromatic carbocycles. The first-order valence-electron chi connectivity index (χ1n) is 5.21. The van der Waals surface area contributed by atoms with Crippen LogP contribution < -0.4 is 5.73 Å². The van der Waals surface area contributed by atoms with Gasteiger partial charge in [0.2, 0.25) is 0 Å². The molecule has 2 nitrogen and oxygen atoms in total. The van der Waals surface area contributed by atoms with Crippen molar-refractivity contribution in [2.75, 3.05) is 0 Å². The van der Waals surface area contributed by atoms with E-state index in [1.54, 1.807) is 0 Å². The fourth-order valence-corrected chi connectivity index (χ4v) is 2.05. The Hall–Kier alpha value is -1.06. The van der Waals surface area contributed by atoms with Crippen LogP contribution in [-0.4, -0.2) is 0 Å². The van der Waals surface area contributed by atoms with Gasteiger partial charge in [-0.05, 0) is 42.3 Å². The van der Waals surface area contributed by atoms with Gasteiger partial charge in [0, 0.05) is 10.9 Å². The topological polar surface area (TPSA) is 39.2 Å². The van der Waals surface area contributed by atoms with Gasteiger partial charge in [0.15, 0.2) is 0 Å². The zero-order valence-corrected chi connectivity index (χ0v) is 10.8. The Kier molecular flexibility index (Phi) is 3.46. The molecule has 0 fully saturated rings. The number of benzene rings is 1. The number of hydrogen-bond donors (Lipinski definition) is 1. The molecule has 0 saturated heterocycles. The Balaban J connectivity index is 2.22. The van der Waals surface area contributed by atoms with Crippen LogP contribution in [0.25, 0.3) is 0 Å². The first kappa shape index (κ1) is 11.4. The van der Waals surface area contributed by atoms with Crippen molar-refractivity contribution < 1.29 is 4.42 Å². The Morgan fingerprint density at radius 1 is 1.19 bits per heavy atom. The first-order chi connectivity index (χ1) is 7.69. The van der Waals surface area contributed by atoms with Crippen molar-refractivity contribution in [3.63, 3.8) is 0 Å². The van der Waals surface area contributed by atoms with Gasteiger partial charge in [0.25, 0.3) is 0 Å². The van der Waals surface area contributed by atoms with Gasteiger partial charge in [-0.25, -0.2) is 0 Å². The van der Waals surface area contributed by atoms with E-state index in [4.69, 9.17) is 10.2 Å². The number of halogens is 1. The number of nitrogens with two attached hydrogens (primary N) is 1. The van der Waals surface area contributed by atoms with Crippen molar-refractivity contribution in [2.24, 2.45) is 5.73 Å². The highest BCUT2D eigenvalue weighted by Crippen LogP contribution is 2.20. The lowest BCUT2D eigenvalue weighted by molar-refractivity contribution is 0.475. The fraction of sp³-hybridized carbons (Fsp3) is 0.231. The predicted octanol–water partition coefficient (Wildman–Crippen LogP) is 3.40. The van der Waals surface area contributed by atoms with Gasteiger partial charge in [-0.2, -0.15) is 0 Å². The van der Waals surface area contributed by atoms with Crippen LogP contribution in [0.15, 0.2) is 39.2 Å². The van der Waals surface area contributed by atoms with Crippen LogP contribution in [0.5, 0.6) is 0 Å². The van der Waals surface area contributed by atoms with E-state index in [0.29, 0.717) is 6.54 Å².